The third-order valence-corrected chi connectivity index (χ3v) is 5.92. The van der Waals surface area contributed by atoms with E-state index in [1.807, 2.05) is 4.90 Å². The van der Waals surface area contributed by atoms with Gasteiger partial charge in [0, 0.05) is 6.04 Å². The highest BCUT2D eigenvalue weighted by Gasteiger charge is 2.53. The van der Waals surface area contributed by atoms with E-state index in [1.165, 1.54) is 19.3 Å². The summed E-state index contributed by atoms with van der Waals surface area (Å²) in [6, 6.07) is 0.356. The van der Waals surface area contributed by atoms with Crippen molar-refractivity contribution in [1.29, 1.82) is 0 Å². The summed E-state index contributed by atoms with van der Waals surface area (Å²) in [5, 5.41) is 3.01. The van der Waals surface area contributed by atoms with Gasteiger partial charge < -0.3 is 10.2 Å². The third kappa shape index (κ3) is 1.65. The third-order valence-electron chi connectivity index (χ3n) is 5.92. The molecule has 4 fully saturated rings. The highest BCUT2D eigenvalue weighted by atomic mass is 16.2. The molecule has 104 valence electrons. The lowest BCUT2D eigenvalue weighted by molar-refractivity contribution is -0.153. The Hall–Kier alpha value is -1.06. The summed E-state index contributed by atoms with van der Waals surface area (Å²) in [7, 11) is 0. The fourth-order valence-electron chi connectivity index (χ4n) is 5.04. The van der Waals surface area contributed by atoms with E-state index < -0.39 is 5.54 Å². The highest BCUT2D eigenvalue weighted by Crippen LogP contribution is 2.48. The first-order valence-corrected chi connectivity index (χ1v) is 7.80. The van der Waals surface area contributed by atoms with Crippen LogP contribution in [-0.4, -0.2) is 34.8 Å². The van der Waals surface area contributed by atoms with Gasteiger partial charge in [0.05, 0.1) is 6.54 Å². The summed E-state index contributed by atoms with van der Waals surface area (Å²) in [4.78, 5) is 26.9. The minimum atomic E-state index is -0.531. The molecule has 19 heavy (non-hydrogen) atoms. The standard InChI is InChI=1S/C15H22N2O2/c18-13-9-17(12-8-10-3-4-11(12)7-10)14(19)15(16-13)5-1-2-6-15/h10-12H,1-9H2,(H,16,18). The number of hydrogen-bond acceptors (Lipinski definition) is 2. The molecule has 4 heteroatoms. The number of piperazine rings is 1. The van der Waals surface area contributed by atoms with Crippen molar-refractivity contribution >= 4 is 11.8 Å². The van der Waals surface area contributed by atoms with Crippen LogP contribution in [0.1, 0.15) is 51.4 Å². The van der Waals surface area contributed by atoms with Crippen molar-refractivity contribution < 1.29 is 9.59 Å². The summed E-state index contributed by atoms with van der Waals surface area (Å²) in [5.41, 5.74) is -0.531. The fraction of sp³-hybridized carbons (Fsp3) is 0.867. The van der Waals surface area contributed by atoms with Crippen LogP contribution in [0.2, 0.25) is 0 Å². The molecule has 1 N–H and O–H groups in total. The molecule has 0 radical (unpaired) electrons. The first kappa shape index (κ1) is 11.7. The Morgan fingerprint density at radius 3 is 2.53 bits per heavy atom. The van der Waals surface area contributed by atoms with Crippen molar-refractivity contribution in [3.8, 4) is 0 Å². The van der Waals surface area contributed by atoms with E-state index in [0.29, 0.717) is 18.5 Å². The molecule has 2 bridgehead atoms. The smallest absolute Gasteiger partial charge is 0.249 e. The van der Waals surface area contributed by atoms with E-state index in [-0.39, 0.29) is 11.8 Å². The summed E-state index contributed by atoms with van der Waals surface area (Å²) in [6.45, 7) is 0.300. The van der Waals surface area contributed by atoms with Gasteiger partial charge >= 0.3 is 0 Å². The second-order valence-corrected chi connectivity index (χ2v) is 7.01. The molecular weight excluding hydrogens is 240 g/mol. The molecule has 0 aromatic heterocycles. The Kier molecular flexibility index (Phi) is 2.45. The van der Waals surface area contributed by atoms with Gasteiger partial charge in [-0.05, 0) is 43.9 Å². The monoisotopic (exact) mass is 262 g/mol. The largest absolute Gasteiger partial charge is 0.340 e. The maximum absolute atomic E-state index is 12.9. The van der Waals surface area contributed by atoms with E-state index in [2.05, 4.69) is 5.32 Å². The van der Waals surface area contributed by atoms with Crippen molar-refractivity contribution in [2.45, 2.75) is 62.9 Å². The van der Waals surface area contributed by atoms with E-state index in [1.54, 1.807) is 0 Å². The molecule has 1 heterocycles. The zero-order valence-corrected chi connectivity index (χ0v) is 11.4. The fourth-order valence-corrected chi connectivity index (χ4v) is 5.04. The average molecular weight is 262 g/mol. The number of amides is 2. The summed E-state index contributed by atoms with van der Waals surface area (Å²) < 4.78 is 0. The molecule has 4 nitrogen and oxygen atoms in total. The number of fused-ring (bicyclic) bond motifs is 2. The van der Waals surface area contributed by atoms with Crippen molar-refractivity contribution in [2.24, 2.45) is 11.8 Å². The van der Waals surface area contributed by atoms with Gasteiger partial charge in [-0.2, -0.15) is 0 Å². The van der Waals surface area contributed by atoms with Crippen LogP contribution < -0.4 is 5.32 Å². The van der Waals surface area contributed by atoms with Gasteiger partial charge in [-0.1, -0.05) is 19.3 Å². The second kappa shape index (κ2) is 3.97. The van der Waals surface area contributed by atoms with Crippen LogP contribution in [0.3, 0.4) is 0 Å². The molecule has 1 spiro atoms. The van der Waals surface area contributed by atoms with Gasteiger partial charge in [-0.15, -0.1) is 0 Å². The minimum Gasteiger partial charge on any atom is -0.340 e. The SMILES string of the molecule is O=C1CN(C2CC3CCC2C3)C(=O)C2(CCCC2)N1. The van der Waals surface area contributed by atoms with Crippen LogP contribution in [-0.2, 0) is 9.59 Å². The van der Waals surface area contributed by atoms with E-state index in [4.69, 9.17) is 0 Å². The zero-order valence-electron chi connectivity index (χ0n) is 11.4. The number of nitrogens with zero attached hydrogens (tertiary/aromatic N) is 1. The number of carbonyl (C=O) groups is 2. The molecule has 1 aliphatic heterocycles. The van der Waals surface area contributed by atoms with Crippen LogP contribution >= 0.6 is 0 Å². The van der Waals surface area contributed by atoms with Gasteiger partial charge in [-0.3, -0.25) is 9.59 Å². The van der Waals surface area contributed by atoms with Crippen molar-refractivity contribution in [2.75, 3.05) is 6.54 Å². The van der Waals surface area contributed by atoms with Crippen molar-refractivity contribution in [3.63, 3.8) is 0 Å². The number of nitrogens with one attached hydrogen (secondary N) is 1. The Morgan fingerprint density at radius 2 is 1.89 bits per heavy atom. The molecule has 3 aliphatic carbocycles. The zero-order chi connectivity index (χ0) is 13.0. The van der Waals surface area contributed by atoms with Crippen LogP contribution in [0, 0.1) is 11.8 Å². The topological polar surface area (TPSA) is 49.4 Å². The molecule has 2 amide bonds. The Labute approximate surface area is 113 Å². The molecular formula is C15H22N2O2. The van der Waals surface area contributed by atoms with E-state index >= 15 is 0 Å². The summed E-state index contributed by atoms with van der Waals surface area (Å²) in [6.07, 6.45) is 8.83. The van der Waals surface area contributed by atoms with Gasteiger partial charge in [0.1, 0.15) is 5.54 Å². The van der Waals surface area contributed by atoms with Gasteiger partial charge in [0.2, 0.25) is 11.8 Å². The lowest BCUT2D eigenvalue weighted by Gasteiger charge is -2.44. The molecule has 4 rings (SSSR count). The first-order chi connectivity index (χ1) is 9.18. The van der Waals surface area contributed by atoms with Gasteiger partial charge in [-0.25, -0.2) is 0 Å². The quantitative estimate of drug-likeness (QED) is 0.777. The predicted molar refractivity (Wildman–Crippen MR) is 70.3 cm³/mol. The lowest BCUT2D eigenvalue weighted by atomic mass is 9.88. The maximum Gasteiger partial charge on any atom is 0.249 e. The number of hydrogen-bond donors (Lipinski definition) is 1. The molecule has 3 unspecified atom stereocenters. The summed E-state index contributed by atoms with van der Waals surface area (Å²) in [5.74, 6) is 1.76. The number of carbonyl (C=O) groups excluding carboxylic acids is 2. The van der Waals surface area contributed by atoms with E-state index in [9.17, 15) is 9.59 Å². The van der Waals surface area contributed by atoms with Crippen LogP contribution in [0.4, 0.5) is 0 Å². The maximum atomic E-state index is 12.9. The Morgan fingerprint density at radius 1 is 1.11 bits per heavy atom. The van der Waals surface area contributed by atoms with Gasteiger partial charge in [0.15, 0.2) is 0 Å². The van der Waals surface area contributed by atoms with E-state index in [0.717, 1.165) is 38.0 Å². The Bertz CT molecular complexity index is 428. The average Bonchev–Trinajstić information content (AvgIpc) is 3.10. The Balaban J connectivity index is 1.61. The van der Waals surface area contributed by atoms with Gasteiger partial charge in [0.25, 0.3) is 0 Å². The van der Waals surface area contributed by atoms with Crippen LogP contribution in [0.5, 0.6) is 0 Å². The normalized spacial score (nSPS) is 40.2. The highest BCUT2D eigenvalue weighted by molar-refractivity contribution is 5.98. The van der Waals surface area contributed by atoms with Crippen molar-refractivity contribution in [1.82, 2.24) is 10.2 Å². The van der Waals surface area contributed by atoms with Crippen molar-refractivity contribution in [3.05, 3.63) is 0 Å². The molecule has 1 saturated heterocycles. The van der Waals surface area contributed by atoms with Crippen LogP contribution in [0.15, 0.2) is 0 Å². The van der Waals surface area contributed by atoms with Crippen LogP contribution in [0.25, 0.3) is 0 Å². The predicted octanol–water partition coefficient (Wildman–Crippen LogP) is 1.45. The first-order valence-electron chi connectivity index (χ1n) is 7.80. The summed E-state index contributed by atoms with van der Waals surface area (Å²) >= 11 is 0. The second-order valence-electron chi connectivity index (χ2n) is 7.01. The number of rotatable bonds is 1. The molecule has 0 aromatic carbocycles. The molecule has 3 saturated carbocycles. The molecule has 3 atom stereocenters. The lowest BCUT2D eigenvalue weighted by Crippen LogP contribution is -2.67. The molecule has 4 aliphatic rings. The molecule has 0 aromatic rings. The minimum absolute atomic E-state index is 0.0595.